The molecule has 4 nitrogen and oxygen atoms in total. The third-order valence-corrected chi connectivity index (χ3v) is 2.82. The van der Waals surface area contributed by atoms with Gasteiger partial charge >= 0.3 is 0 Å². The molecule has 2 N–H and O–H groups in total. The number of benzene rings is 1. The lowest BCUT2D eigenvalue weighted by Crippen LogP contribution is -2.04. The van der Waals surface area contributed by atoms with Crippen LogP contribution in [0.3, 0.4) is 0 Å². The molecule has 0 spiro atoms. The standard InChI is InChI=1S/C14H18FN3O/c1-10(2)18-6-5-12(17-18)9-19-13-4-3-11(8-16)14(15)7-13/h3-7,10H,8-9,16H2,1-2H3. The van der Waals surface area contributed by atoms with Gasteiger partial charge in [-0.25, -0.2) is 4.39 Å². The van der Waals surface area contributed by atoms with E-state index in [0.717, 1.165) is 5.69 Å². The summed E-state index contributed by atoms with van der Waals surface area (Å²) in [5, 5.41) is 4.36. The summed E-state index contributed by atoms with van der Waals surface area (Å²) in [6.45, 7) is 4.61. The van der Waals surface area contributed by atoms with Crippen molar-refractivity contribution in [3.8, 4) is 5.75 Å². The van der Waals surface area contributed by atoms with E-state index < -0.39 is 0 Å². The molecule has 19 heavy (non-hydrogen) atoms. The third-order valence-electron chi connectivity index (χ3n) is 2.82. The lowest BCUT2D eigenvalue weighted by atomic mass is 10.2. The maximum absolute atomic E-state index is 13.5. The van der Waals surface area contributed by atoms with Crippen LogP contribution in [-0.2, 0) is 13.2 Å². The molecule has 0 unspecified atom stereocenters. The molecule has 0 radical (unpaired) electrons. The molecule has 0 aliphatic rings. The first-order valence-corrected chi connectivity index (χ1v) is 6.25. The minimum absolute atomic E-state index is 0.185. The summed E-state index contributed by atoms with van der Waals surface area (Å²) < 4.78 is 20.9. The van der Waals surface area contributed by atoms with Gasteiger partial charge in [0.25, 0.3) is 0 Å². The molecule has 2 rings (SSSR count). The Hall–Kier alpha value is -1.88. The fourth-order valence-electron chi connectivity index (χ4n) is 1.68. The number of rotatable bonds is 5. The van der Waals surface area contributed by atoms with Crippen LogP contribution < -0.4 is 10.5 Å². The first-order chi connectivity index (χ1) is 9.10. The van der Waals surface area contributed by atoms with Crippen molar-refractivity contribution in [2.24, 2.45) is 5.73 Å². The first-order valence-electron chi connectivity index (χ1n) is 6.25. The summed E-state index contributed by atoms with van der Waals surface area (Å²) in [6.07, 6.45) is 1.90. The van der Waals surface area contributed by atoms with Crippen molar-refractivity contribution in [1.82, 2.24) is 9.78 Å². The number of ether oxygens (including phenoxy) is 1. The highest BCUT2D eigenvalue weighted by molar-refractivity contribution is 5.28. The summed E-state index contributed by atoms with van der Waals surface area (Å²) in [4.78, 5) is 0. The van der Waals surface area contributed by atoms with Gasteiger partial charge in [-0.3, -0.25) is 4.68 Å². The Kier molecular flexibility index (Phi) is 4.16. The predicted molar refractivity (Wildman–Crippen MR) is 71.2 cm³/mol. The highest BCUT2D eigenvalue weighted by Crippen LogP contribution is 2.17. The topological polar surface area (TPSA) is 53.1 Å². The molecule has 1 aromatic carbocycles. The van der Waals surface area contributed by atoms with E-state index in [1.54, 1.807) is 12.1 Å². The minimum Gasteiger partial charge on any atom is -0.487 e. The maximum atomic E-state index is 13.5. The summed E-state index contributed by atoms with van der Waals surface area (Å²) in [5.74, 6) is 0.140. The van der Waals surface area contributed by atoms with Crippen molar-refractivity contribution in [2.45, 2.75) is 33.0 Å². The monoisotopic (exact) mass is 263 g/mol. The second-order valence-electron chi connectivity index (χ2n) is 4.63. The Labute approximate surface area is 112 Å². The molecular weight excluding hydrogens is 245 g/mol. The second-order valence-corrected chi connectivity index (χ2v) is 4.63. The van der Waals surface area contributed by atoms with E-state index in [9.17, 15) is 4.39 Å². The summed E-state index contributed by atoms with van der Waals surface area (Å²) >= 11 is 0. The van der Waals surface area contributed by atoms with Gasteiger partial charge in [0, 0.05) is 30.4 Å². The van der Waals surface area contributed by atoms with Crippen LogP contribution in [0.25, 0.3) is 0 Å². The zero-order valence-corrected chi connectivity index (χ0v) is 11.1. The smallest absolute Gasteiger partial charge is 0.132 e. The lowest BCUT2D eigenvalue weighted by Gasteiger charge is -2.07. The fourth-order valence-corrected chi connectivity index (χ4v) is 1.68. The number of nitrogens with two attached hydrogens (primary N) is 1. The zero-order valence-electron chi connectivity index (χ0n) is 11.1. The average molecular weight is 263 g/mol. The van der Waals surface area contributed by atoms with Crippen molar-refractivity contribution in [3.63, 3.8) is 0 Å². The zero-order chi connectivity index (χ0) is 13.8. The Morgan fingerprint density at radius 1 is 1.37 bits per heavy atom. The quantitative estimate of drug-likeness (QED) is 0.902. The van der Waals surface area contributed by atoms with E-state index in [-0.39, 0.29) is 12.4 Å². The summed E-state index contributed by atoms with van der Waals surface area (Å²) in [7, 11) is 0. The number of aromatic nitrogens is 2. The normalized spacial score (nSPS) is 11.0. The van der Waals surface area contributed by atoms with Gasteiger partial charge in [-0.15, -0.1) is 0 Å². The van der Waals surface area contributed by atoms with E-state index in [4.69, 9.17) is 10.5 Å². The van der Waals surface area contributed by atoms with Gasteiger partial charge < -0.3 is 10.5 Å². The van der Waals surface area contributed by atoms with Gasteiger partial charge in [0.2, 0.25) is 0 Å². The Bertz CT molecular complexity index is 551. The molecular formula is C14H18FN3O. The minimum atomic E-state index is -0.340. The predicted octanol–water partition coefficient (Wildman–Crippen LogP) is 2.64. The van der Waals surface area contributed by atoms with Gasteiger partial charge in [0.15, 0.2) is 0 Å². The van der Waals surface area contributed by atoms with Gasteiger partial charge in [-0.1, -0.05) is 6.07 Å². The van der Waals surface area contributed by atoms with Crippen molar-refractivity contribution in [3.05, 3.63) is 47.5 Å². The van der Waals surface area contributed by atoms with Crippen LogP contribution in [0.5, 0.6) is 5.75 Å². The van der Waals surface area contributed by atoms with Crippen molar-refractivity contribution < 1.29 is 9.13 Å². The molecule has 102 valence electrons. The fraction of sp³-hybridized carbons (Fsp3) is 0.357. The van der Waals surface area contributed by atoms with E-state index in [2.05, 4.69) is 18.9 Å². The van der Waals surface area contributed by atoms with Crippen molar-refractivity contribution in [2.75, 3.05) is 0 Å². The van der Waals surface area contributed by atoms with Crippen LogP contribution in [0.15, 0.2) is 30.5 Å². The van der Waals surface area contributed by atoms with Gasteiger partial charge in [-0.05, 0) is 26.0 Å². The van der Waals surface area contributed by atoms with Crippen LogP contribution in [0.2, 0.25) is 0 Å². The van der Waals surface area contributed by atoms with Crippen molar-refractivity contribution in [1.29, 1.82) is 0 Å². The molecule has 0 amide bonds. The molecule has 2 aromatic rings. The van der Waals surface area contributed by atoms with Crippen LogP contribution in [0, 0.1) is 5.82 Å². The van der Waals surface area contributed by atoms with E-state index in [0.29, 0.717) is 24.0 Å². The van der Waals surface area contributed by atoms with E-state index in [1.807, 2.05) is 16.9 Å². The average Bonchev–Trinajstić information content (AvgIpc) is 2.85. The van der Waals surface area contributed by atoms with Crippen LogP contribution in [0.1, 0.15) is 31.1 Å². The van der Waals surface area contributed by atoms with Crippen LogP contribution in [0.4, 0.5) is 4.39 Å². The van der Waals surface area contributed by atoms with E-state index in [1.165, 1.54) is 6.07 Å². The molecule has 1 heterocycles. The molecule has 0 aliphatic carbocycles. The third kappa shape index (κ3) is 3.32. The molecule has 0 saturated heterocycles. The Balaban J connectivity index is 1.99. The maximum Gasteiger partial charge on any atom is 0.132 e. The Morgan fingerprint density at radius 3 is 2.74 bits per heavy atom. The molecule has 0 atom stereocenters. The van der Waals surface area contributed by atoms with Crippen molar-refractivity contribution >= 4 is 0 Å². The van der Waals surface area contributed by atoms with Crippen LogP contribution >= 0.6 is 0 Å². The molecule has 5 heteroatoms. The molecule has 0 aliphatic heterocycles. The highest BCUT2D eigenvalue weighted by atomic mass is 19.1. The van der Waals surface area contributed by atoms with E-state index >= 15 is 0 Å². The van der Waals surface area contributed by atoms with Gasteiger partial charge in [-0.2, -0.15) is 5.10 Å². The summed E-state index contributed by atoms with van der Waals surface area (Å²) in [5.41, 5.74) is 6.70. The number of halogens is 1. The number of hydrogen-bond acceptors (Lipinski definition) is 3. The summed E-state index contributed by atoms with van der Waals surface area (Å²) in [6, 6.07) is 6.91. The highest BCUT2D eigenvalue weighted by Gasteiger charge is 2.05. The molecule has 0 fully saturated rings. The molecule has 0 bridgehead atoms. The van der Waals surface area contributed by atoms with Crippen LogP contribution in [-0.4, -0.2) is 9.78 Å². The lowest BCUT2D eigenvalue weighted by molar-refractivity contribution is 0.297. The Morgan fingerprint density at radius 2 is 2.16 bits per heavy atom. The second kappa shape index (κ2) is 5.84. The number of nitrogens with zero attached hydrogens (tertiary/aromatic N) is 2. The SMILES string of the molecule is CC(C)n1ccc(COc2ccc(CN)c(F)c2)n1. The van der Waals surface area contributed by atoms with Gasteiger partial charge in [0.1, 0.15) is 18.2 Å². The first kappa shape index (κ1) is 13.5. The molecule has 1 aromatic heterocycles. The number of hydrogen-bond donors (Lipinski definition) is 1. The largest absolute Gasteiger partial charge is 0.487 e. The van der Waals surface area contributed by atoms with Gasteiger partial charge in [0.05, 0.1) is 5.69 Å². The molecule has 0 saturated carbocycles.